The van der Waals surface area contributed by atoms with Gasteiger partial charge in [-0.2, -0.15) is 5.10 Å². The van der Waals surface area contributed by atoms with Gasteiger partial charge >= 0.3 is 6.03 Å². The second-order valence-electron chi connectivity index (χ2n) is 8.86. The second-order valence-corrected chi connectivity index (χ2v) is 8.86. The smallest absolute Gasteiger partial charge is 0.317 e. The highest BCUT2D eigenvalue weighted by molar-refractivity contribution is 5.75. The summed E-state index contributed by atoms with van der Waals surface area (Å²) in [4.78, 5) is 18.2. The molecule has 0 radical (unpaired) electrons. The van der Waals surface area contributed by atoms with Gasteiger partial charge in [0.25, 0.3) is 5.92 Å². The average Bonchev–Trinajstić information content (AvgIpc) is 3.04. The standard InChI is InChI=1S/C20H23F4N5O/c21-19(22)3-1-12(2-4-19)5-14-10-29-17(27-14)6-13(7-26-29)9-28-11-16-15(20(16,23)24)8-25-18(28)30/h6-7,10,12,15-16H,1-5,8-9,11H2,(H,25,30)/t15-,16+/m1/s1. The van der Waals surface area contributed by atoms with Crippen LogP contribution in [0.1, 0.15) is 36.9 Å². The molecule has 3 aliphatic rings. The molecule has 1 N–H and O–H groups in total. The maximum Gasteiger partial charge on any atom is 0.317 e. The molecule has 2 atom stereocenters. The molecule has 1 aliphatic heterocycles. The molecular weight excluding hydrogens is 402 g/mol. The first-order valence-corrected chi connectivity index (χ1v) is 10.3. The number of imidazole rings is 1. The molecule has 2 aromatic heterocycles. The lowest BCUT2D eigenvalue weighted by Gasteiger charge is -2.27. The second kappa shape index (κ2) is 6.81. The van der Waals surface area contributed by atoms with Gasteiger partial charge in [0.1, 0.15) is 0 Å². The monoisotopic (exact) mass is 425 g/mol. The minimum Gasteiger partial charge on any atom is -0.337 e. The molecule has 10 heteroatoms. The summed E-state index contributed by atoms with van der Waals surface area (Å²) >= 11 is 0. The van der Waals surface area contributed by atoms with Crippen molar-refractivity contribution in [2.45, 2.75) is 50.5 Å². The molecular formula is C20H23F4N5O. The van der Waals surface area contributed by atoms with E-state index in [1.165, 1.54) is 4.90 Å². The van der Waals surface area contributed by atoms with E-state index in [9.17, 15) is 22.4 Å². The molecule has 2 amide bonds. The molecule has 2 aromatic rings. The van der Waals surface area contributed by atoms with Crippen LogP contribution >= 0.6 is 0 Å². The number of hydrogen-bond acceptors (Lipinski definition) is 3. The van der Waals surface area contributed by atoms with Crippen LogP contribution in [0.2, 0.25) is 0 Å². The SMILES string of the molecule is O=C1NC[C@@H]2[C@H](CN1Cc1cnn3cc(CC4CCC(F)(F)CC4)nc3c1)C2(F)F. The number of carbonyl (C=O) groups excluding carboxylic acids is 1. The lowest BCUT2D eigenvalue weighted by atomic mass is 9.84. The van der Waals surface area contributed by atoms with Crippen molar-refractivity contribution in [3.05, 3.63) is 29.7 Å². The topological polar surface area (TPSA) is 62.5 Å². The summed E-state index contributed by atoms with van der Waals surface area (Å²) in [7, 11) is 0. The molecule has 1 saturated heterocycles. The molecule has 162 valence electrons. The molecule has 3 heterocycles. The fourth-order valence-corrected chi connectivity index (χ4v) is 4.72. The van der Waals surface area contributed by atoms with Gasteiger partial charge in [0, 0.05) is 32.5 Å². The van der Waals surface area contributed by atoms with Gasteiger partial charge in [-0.3, -0.25) is 0 Å². The quantitative estimate of drug-likeness (QED) is 0.763. The summed E-state index contributed by atoms with van der Waals surface area (Å²) in [5, 5.41) is 6.88. The Morgan fingerprint density at radius 2 is 1.93 bits per heavy atom. The third-order valence-corrected chi connectivity index (χ3v) is 6.68. The average molecular weight is 425 g/mol. The maximum absolute atomic E-state index is 13.7. The van der Waals surface area contributed by atoms with Crippen molar-refractivity contribution in [1.82, 2.24) is 24.8 Å². The lowest BCUT2D eigenvalue weighted by molar-refractivity contribution is -0.0457. The maximum atomic E-state index is 13.7. The van der Waals surface area contributed by atoms with Crippen LogP contribution < -0.4 is 5.32 Å². The van der Waals surface area contributed by atoms with E-state index < -0.39 is 23.7 Å². The van der Waals surface area contributed by atoms with Crippen LogP contribution in [0.25, 0.3) is 5.65 Å². The van der Waals surface area contributed by atoms with Crippen LogP contribution in [0.15, 0.2) is 18.5 Å². The van der Waals surface area contributed by atoms with Crippen molar-refractivity contribution in [1.29, 1.82) is 0 Å². The number of carbonyl (C=O) groups is 1. The number of aromatic nitrogens is 3. The molecule has 0 unspecified atom stereocenters. The number of fused-ring (bicyclic) bond motifs is 2. The van der Waals surface area contributed by atoms with Crippen LogP contribution in [0.5, 0.6) is 0 Å². The molecule has 2 aliphatic carbocycles. The first-order chi connectivity index (χ1) is 14.2. The van der Waals surface area contributed by atoms with Gasteiger partial charge < -0.3 is 10.2 Å². The molecule has 0 spiro atoms. The van der Waals surface area contributed by atoms with E-state index in [0.717, 1.165) is 5.69 Å². The largest absolute Gasteiger partial charge is 0.337 e. The summed E-state index contributed by atoms with van der Waals surface area (Å²) in [6.45, 7) is 0.191. The number of urea groups is 1. The lowest BCUT2D eigenvalue weighted by Crippen LogP contribution is -2.40. The highest BCUT2D eigenvalue weighted by Crippen LogP contribution is 2.55. The van der Waals surface area contributed by atoms with Crippen molar-refractivity contribution < 1.29 is 22.4 Å². The molecule has 6 nitrogen and oxygen atoms in total. The predicted octanol–water partition coefficient (Wildman–Crippen LogP) is 3.50. The van der Waals surface area contributed by atoms with Gasteiger partial charge in [-0.25, -0.2) is 31.9 Å². The number of nitrogens with zero attached hydrogens (tertiary/aromatic N) is 4. The first kappa shape index (κ1) is 19.6. The third-order valence-electron chi connectivity index (χ3n) is 6.68. The molecule has 2 saturated carbocycles. The van der Waals surface area contributed by atoms with Gasteiger partial charge in [0.05, 0.1) is 29.9 Å². The van der Waals surface area contributed by atoms with E-state index in [0.29, 0.717) is 30.5 Å². The van der Waals surface area contributed by atoms with Gasteiger partial charge in [0.2, 0.25) is 5.92 Å². The van der Waals surface area contributed by atoms with Gasteiger partial charge in [-0.1, -0.05) is 0 Å². The Kier molecular flexibility index (Phi) is 4.44. The van der Waals surface area contributed by atoms with Crippen molar-refractivity contribution in [3.8, 4) is 0 Å². The minimum atomic E-state index is -2.71. The van der Waals surface area contributed by atoms with E-state index >= 15 is 0 Å². The predicted molar refractivity (Wildman–Crippen MR) is 99.3 cm³/mol. The summed E-state index contributed by atoms with van der Waals surface area (Å²) in [5.74, 6) is -6.65. The van der Waals surface area contributed by atoms with Crippen LogP contribution in [0.4, 0.5) is 22.4 Å². The molecule has 5 rings (SSSR count). The van der Waals surface area contributed by atoms with Crippen molar-refractivity contribution in [3.63, 3.8) is 0 Å². The summed E-state index contributed by atoms with van der Waals surface area (Å²) < 4.78 is 55.7. The third kappa shape index (κ3) is 3.60. The zero-order valence-corrected chi connectivity index (χ0v) is 16.3. The molecule has 0 bridgehead atoms. The Labute approximate surface area is 170 Å². The first-order valence-electron chi connectivity index (χ1n) is 10.3. The molecule has 3 fully saturated rings. The number of alkyl halides is 4. The van der Waals surface area contributed by atoms with Crippen molar-refractivity contribution in [2.24, 2.45) is 17.8 Å². The Balaban J connectivity index is 1.27. The van der Waals surface area contributed by atoms with Crippen LogP contribution in [-0.4, -0.2) is 50.5 Å². The van der Waals surface area contributed by atoms with E-state index in [1.54, 1.807) is 23.0 Å². The normalized spacial score (nSPS) is 28.1. The zero-order valence-electron chi connectivity index (χ0n) is 16.3. The Morgan fingerprint density at radius 3 is 2.70 bits per heavy atom. The van der Waals surface area contributed by atoms with Crippen LogP contribution in [0.3, 0.4) is 0 Å². The van der Waals surface area contributed by atoms with Gasteiger partial charge in [0.15, 0.2) is 5.65 Å². The number of amides is 2. The van der Waals surface area contributed by atoms with Gasteiger partial charge in [-0.15, -0.1) is 0 Å². The Bertz CT molecular complexity index is 967. The van der Waals surface area contributed by atoms with E-state index in [4.69, 9.17) is 0 Å². The van der Waals surface area contributed by atoms with Crippen LogP contribution in [0, 0.1) is 17.8 Å². The fraction of sp³-hybridized carbons (Fsp3) is 0.650. The van der Waals surface area contributed by atoms with Crippen molar-refractivity contribution in [2.75, 3.05) is 13.1 Å². The minimum absolute atomic E-state index is 0.000994. The van der Waals surface area contributed by atoms with E-state index in [-0.39, 0.29) is 44.4 Å². The highest BCUT2D eigenvalue weighted by Gasteiger charge is 2.69. The van der Waals surface area contributed by atoms with E-state index in [1.807, 2.05) is 0 Å². The summed E-state index contributed by atoms with van der Waals surface area (Å²) in [6.07, 6.45) is 4.83. The van der Waals surface area contributed by atoms with Crippen molar-refractivity contribution >= 4 is 11.7 Å². The van der Waals surface area contributed by atoms with E-state index in [2.05, 4.69) is 15.4 Å². The number of rotatable bonds is 4. The number of nitrogens with one attached hydrogen (secondary N) is 1. The molecule has 0 aromatic carbocycles. The fourth-order valence-electron chi connectivity index (χ4n) is 4.72. The van der Waals surface area contributed by atoms with Gasteiger partial charge in [-0.05, 0) is 36.8 Å². The number of hydrogen-bond donors (Lipinski definition) is 1. The summed E-state index contributed by atoms with van der Waals surface area (Å²) in [5.41, 5.74) is 2.09. The Morgan fingerprint density at radius 1 is 1.17 bits per heavy atom. The van der Waals surface area contributed by atoms with Crippen LogP contribution in [-0.2, 0) is 13.0 Å². The Hall–Kier alpha value is -2.39. The summed E-state index contributed by atoms with van der Waals surface area (Å²) in [6, 6.07) is 1.43. The number of halogens is 4. The highest BCUT2D eigenvalue weighted by atomic mass is 19.3. The molecule has 30 heavy (non-hydrogen) atoms. The zero-order chi connectivity index (χ0) is 21.1.